The van der Waals surface area contributed by atoms with Gasteiger partial charge in [-0.05, 0) is 19.8 Å². The number of hydrogen-bond donors (Lipinski definition) is 0. The molecule has 0 saturated carbocycles. The fourth-order valence-corrected chi connectivity index (χ4v) is 1.97. The average Bonchev–Trinajstić information content (AvgIpc) is 2.63. The highest BCUT2D eigenvalue weighted by Crippen LogP contribution is 2.25. The lowest BCUT2D eigenvalue weighted by Crippen LogP contribution is -2.33. The van der Waals surface area contributed by atoms with Crippen LogP contribution in [0, 0.1) is 5.92 Å². The average molecular weight is 258 g/mol. The van der Waals surface area contributed by atoms with Crippen LogP contribution in [0.3, 0.4) is 0 Å². The fourth-order valence-electron chi connectivity index (χ4n) is 1.97. The zero-order valence-corrected chi connectivity index (χ0v) is 11.8. The molecule has 4 nitrogen and oxygen atoms in total. The third-order valence-corrected chi connectivity index (χ3v) is 3.23. The first kappa shape index (κ1) is 15.4. The molecule has 1 aliphatic rings. The molecule has 3 atom stereocenters. The van der Waals surface area contributed by atoms with Crippen molar-refractivity contribution < 1.29 is 19.0 Å². The normalized spacial score (nSPS) is 27.5. The van der Waals surface area contributed by atoms with Gasteiger partial charge in [-0.3, -0.25) is 4.79 Å². The first-order valence-electron chi connectivity index (χ1n) is 7.10. The number of rotatable bonds is 9. The molecule has 0 aromatic heterocycles. The predicted octanol–water partition coefficient (Wildman–Crippen LogP) is 2.55. The van der Waals surface area contributed by atoms with Gasteiger partial charge in [0.2, 0.25) is 0 Å². The van der Waals surface area contributed by atoms with E-state index < -0.39 is 0 Å². The van der Waals surface area contributed by atoms with Gasteiger partial charge in [0.1, 0.15) is 6.10 Å². The molecular weight excluding hydrogens is 232 g/mol. The maximum absolute atomic E-state index is 11.6. The van der Waals surface area contributed by atoms with Gasteiger partial charge in [-0.25, -0.2) is 0 Å². The van der Waals surface area contributed by atoms with Crippen molar-refractivity contribution in [3.63, 3.8) is 0 Å². The quantitative estimate of drug-likeness (QED) is 0.471. The number of cyclic esters (lactones) is 1. The van der Waals surface area contributed by atoms with Gasteiger partial charge in [0.05, 0.1) is 12.5 Å². The number of carbonyl (C=O) groups excluding carboxylic acids is 1. The molecule has 0 bridgehead atoms. The number of hydrogen-bond acceptors (Lipinski definition) is 4. The molecule has 1 aliphatic heterocycles. The Morgan fingerprint density at radius 2 is 1.83 bits per heavy atom. The van der Waals surface area contributed by atoms with Gasteiger partial charge in [-0.1, -0.05) is 26.7 Å². The number of unbranched alkanes of at least 4 members (excludes halogenated alkanes) is 2. The standard InChI is InChI=1S/C14H26O4/c1-4-6-8-16-10-12-13(17-9-7-5-2)11(3)14(15)18-12/h11-13H,4-10H2,1-3H3/t11-,12+,13-/m0/s1. The summed E-state index contributed by atoms with van der Waals surface area (Å²) in [5, 5.41) is 0. The summed E-state index contributed by atoms with van der Waals surface area (Å²) in [7, 11) is 0. The van der Waals surface area contributed by atoms with Gasteiger partial charge in [-0.2, -0.15) is 0 Å². The summed E-state index contributed by atoms with van der Waals surface area (Å²) in [6, 6.07) is 0. The largest absolute Gasteiger partial charge is 0.457 e. The Kier molecular flexibility index (Phi) is 7.28. The monoisotopic (exact) mass is 258 g/mol. The van der Waals surface area contributed by atoms with Gasteiger partial charge in [0.25, 0.3) is 0 Å². The molecule has 0 amide bonds. The van der Waals surface area contributed by atoms with Crippen LogP contribution in [0.1, 0.15) is 46.5 Å². The summed E-state index contributed by atoms with van der Waals surface area (Å²) in [6.45, 7) is 7.97. The Hall–Kier alpha value is -0.610. The van der Waals surface area contributed by atoms with Gasteiger partial charge in [-0.15, -0.1) is 0 Å². The van der Waals surface area contributed by atoms with Gasteiger partial charge in [0, 0.05) is 13.2 Å². The highest BCUT2D eigenvalue weighted by molar-refractivity contribution is 5.75. The van der Waals surface area contributed by atoms with Crippen LogP contribution in [0.25, 0.3) is 0 Å². The molecule has 0 aromatic carbocycles. The first-order valence-corrected chi connectivity index (χ1v) is 7.10. The van der Waals surface area contributed by atoms with E-state index in [4.69, 9.17) is 14.2 Å². The molecule has 1 heterocycles. The van der Waals surface area contributed by atoms with Gasteiger partial charge >= 0.3 is 5.97 Å². The van der Waals surface area contributed by atoms with E-state index in [0.29, 0.717) is 13.2 Å². The van der Waals surface area contributed by atoms with Gasteiger partial charge in [0.15, 0.2) is 6.10 Å². The zero-order chi connectivity index (χ0) is 13.4. The Bertz CT molecular complexity index is 242. The second kappa shape index (κ2) is 8.48. The van der Waals surface area contributed by atoms with Crippen LogP contribution in [0.4, 0.5) is 0 Å². The lowest BCUT2D eigenvalue weighted by molar-refractivity contribution is -0.146. The molecular formula is C14H26O4. The topological polar surface area (TPSA) is 44.8 Å². The van der Waals surface area contributed by atoms with Crippen molar-refractivity contribution in [3.8, 4) is 0 Å². The minimum Gasteiger partial charge on any atom is -0.457 e. The lowest BCUT2D eigenvalue weighted by atomic mass is 10.0. The van der Waals surface area contributed by atoms with Crippen LogP contribution < -0.4 is 0 Å². The number of carbonyl (C=O) groups is 1. The molecule has 18 heavy (non-hydrogen) atoms. The van der Waals surface area contributed by atoms with Gasteiger partial charge < -0.3 is 14.2 Å². The molecule has 0 unspecified atom stereocenters. The van der Waals surface area contributed by atoms with Crippen molar-refractivity contribution in [2.24, 2.45) is 5.92 Å². The molecule has 0 aromatic rings. The first-order chi connectivity index (χ1) is 8.70. The van der Waals surface area contributed by atoms with Crippen LogP contribution in [0.2, 0.25) is 0 Å². The molecule has 0 spiro atoms. The van der Waals surface area contributed by atoms with Crippen molar-refractivity contribution in [1.82, 2.24) is 0 Å². The summed E-state index contributed by atoms with van der Waals surface area (Å²) in [4.78, 5) is 11.6. The molecule has 1 rings (SSSR count). The predicted molar refractivity (Wildman–Crippen MR) is 69.4 cm³/mol. The van der Waals surface area contributed by atoms with E-state index in [1.54, 1.807) is 0 Å². The molecule has 0 N–H and O–H groups in total. The minimum atomic E-state index is -0.235. The van der Waals surface area contributed by atoms with Crippen LogP contribution in [0.5, 0.6) is 0 Å². The van der Waals surface area contributed by atoms with Crippen LogP contribution in [-0.2, 0) is 19.0 Å². The van der Waals surface area contributed by atoms with E-state index >= 15 is 0 Å². The SMILES string of the molecule is CCCCOC[C@H]1OC(=O)[C@@H](C)[C@@H]1OCCCC. The highest BCUT2D eigenvalue weighted by atomic mass is 16.6. The number of esters is 1. The second-order valence-electron chi connectivity index (χ2n) is 4.88. The Morgan fingerprint density at radius 3 is 2.50 bits per heavy atom. The van der Waals surface area contributed by atoms with Crippen LogP contribution >= 0.6 is 0 Å². The van der Waals surface area contributed by atoms with Crippen molar-refractivity contribution in [2.75, 3.05) is 19.8 Å². The Morgan fingerprint density at radius 1 is 1.17 bits per heavy atom. The molecule has 1 saturated heterocycles. The van der Waals surface area contributed by atoms with E-state index in [9.17, 15) is 4.79 Å². The van der Waals surface area contributed by atoms with Crippen LogP contribution in [0.15, 0.2) is 0 Å². The third-order valence-electron chi connectivity index (χ3n) is 3.23. The highest BCUT2D eigenvalue weighted by Gasteiger charge is 2.42. The maximum Gasteiger partial charge on any atom is 0.311 e. The fraction of sp³-hybridized carbons (Fsp3) is 0.929. The van der Waals surface area contributed by atoms with E-state index in [2.05, 4.69) is 13.8 Å². The Balaban J connectivity index is 2.35. The minimum absolute atomic E-state index is 0.148. The Labute approximate surface area is 110 Å². The van der Waals surface area contributed by atoms with Crippen LogP contribution in [-0.4, -0.2) is 38.0 Å². The van der Waals surface area contributed by atoms with Crippen molar-refractivity contribution in [3.05, 3.63) is 0 Å². The summed E-state index contributed by atoms with van der Waals surface area (Å²) < 4.78 is 16.6. The smallest absolute Gasteiger partial charge is 0.311 e. The van der Waals surface area contributed by atoms with Crippen molar-refractivity contribution in [1.29, 1.82) is 0 Å². The molecule has 0 radical (unpaired) electrons. The van der Waals surface area contributed by atoms with Crippen molar-refractivity contribution >= 4 is 5.97 Å². The molecule has 1 fully saturated rings. The molecule has 0 aliphatic carbocycles. The van der Waals surface area contributed by atoms with E-state index in [1.807, 2.05) is 6.92 Å². The maximum atomic E-state index is 11.6. The van der Waals surface area contributed by atoms with E-state index in [-0.39, 0.29) is 24.1 Å². The summed E-state index contributed by atoms with van der Waals surface area (Å²) in [5.41, 5.74) is 0. The molecule has 4 heteroatoms. The third kappa shape index (κ3) is 4.58. The second-order valence-corrected chi connectivity index (χ2v) is 4.88. The van der Waals surface area contributed by atoms with E-state index in [0.717, 1.165) is 32.3 Å². The van der Waals surface area contributed by atoms with Crippen molar-refractivity contribution in [2.45, 2.75) is 58.7 Å². The van der Waals surface area contributed by atoms with E-state index in [1.165, 1.54) is 0 Å². The zero-order valence-electron chi connectivity index (χ0n) is 11.8. The summed E-state index contributed by atoms with van der Waals surface area (Å²) >= 11 is 0. The summed E-state index contributed by atoms with van der Waals surface area (Å²) in [6.07, 6.45) is 3.87. The summed E-state index contributed by atoms with van der Waals surface area (Å²) in [5.74, 6) is -0.345. The number of ether oxygens (including phenoxy) is 3. The molecule has 106 valence electrons. The lowest BCUT2D eigenvalue weighted by Gasteiger charge is -2.20.